The molecule has 0 atom stereocenters. The molecule has 0 amide bonds. The number of aromatic nitrogens is 3. The molecule has 5 heteroatoms. The van der Waals surface area contributed by atoms with Crippen LogP contribution in [0.5, 0.6) is 5.75 Å². The fourth-order valence-electron chi connectivity index (χ4n) is 2.49. The van der Waals surface area contributed by atoms with E-state index in [1.807, 2.05) is 47.8 Å². The van der Waals surface area contributed by atoms with Crippen molar-refractivity contribution in [1.82, 2.24) is 15.2 Å². The molecule has 0 fully saturated rings. The molecule has 2 aromatic carbocycles. The second-order valence-electron chi connectivity index (χ2n) is 4.86. The zero-order valence-corrected chi connectivity index (χ0v) is 12.7. The monoisotopic (exact) mass is 307 g/mol. The molecule has 0 saturated carbocycles. The molecule has 0 aliphatic heterocycles. The van der Waals surface area contributed by atoms with Gasteiger partial charge in [-0.2, -0.15) is 5.10 Å². The lowest BCUT2D eigenvalue weighted by molar-refractivity contribution is 0.416. The summed E-state index contributed by atoms with van der Waals surface area (Å²) in [4.78, 5) is 4.74. The molecule has 0 saturated heterocycles. The van der Waals surface area contributed by atoms with Crippen LogP contribution in [-0.2, 0) is 0 Å². The number of benzene rings is 2. The minimum Gasteiger partial charge on any atom is -0.496 e. The standard InChI is InChI=1S/C17H13N3OS/c1-21-15-9-5-3-6-11(15)14-10-22-17(18-14)16-12-7-2-4-8-13(12)19-20-16/h2-10H,1H3,(H,19,20). The zero-order valence-electron chi connectivity index (χ0n) is 11.9. The Morgan fingerprint density at radius 1 is 1.05 bits per heavy atom. The van der Waals surface area contributed by atoms with Gasteiger partial charge in [0.05, 0.1) is 18.3 Å². The maximum atomic E-state index is 5.41. The normalized spacial score (nSPS) is 11.0. The van der Waals surface area contributed by atoms with E-state index in [0.29, 0.717) is 0 Å². The van der Waals surface area contributed by atoms with E-state index >= 15 is 0 Å². The van der Waals surface area contributed by atoms with Gasteiger partial charge < -0.3 is 4.74 Å². The SMILES string of the molecule is COc1ccccc1-c1csc(-c2n[nH]c3ccccc23)n1. The van der Waals surface area contributed by atoms with Crippen molar-refractivity contribution in [3.8, 4) is 27.7 Å². The van der Waals surface area contributed by atoms with Crippen LogP contribution in [0, 0.1) is 0 Å². The van der Waals surface area contributed by atoms with Crippen LogP contribution >= 0.6 is 11.3 Å². The van der Waals surface area contributed by atoms with Crippen molar-refractivity contribution in [2.75, 3.05) is 7.11 Å². The smallest absolute Gasteiger partial charge is 0.145 e. The van der Waals surface area contributed by atoms with Crippen molar-refractivity contribution in [1.29, 1.82) is 0 Å². The van der Waals surface area contributed by atoms with E-state index < -0.39 is 0 Å². The first-order valence-electron chi connectivity index (χ1n) is 6.89. The van der Waals surface area contributed by atoms with Gasteiger partial charge in [0.15, 0.2) is 0 Å². The summed E-state index contributed by atoms with van der Waals surface area (Å²) in [6.07, 6.45) is 0. The first kappa shape index (κ1) is 13.0. The average Bonchev–Trinajstić information content (AvgIpc) is 3.21. The predicted octanol–water partition coefficient (Wildman–Crippen LogP) is 4.36. The molecule has 0 radical (unpaired) electrons. The number of nitrogens with one attached hydrogen (secondary N) is 1. The van der Waals surface area contributed by atoms with Crippen LogP contribution in [0.4, 0.5) is 0 Å². The molecule has 4 nitrogen and oxygen atoms in total. The number of hydrogen-bond acceptors (Lipinski definition) is 4. The van der Waals surface area contributed by atoms with Crippen LogP contribution < -0.4 is 4.74 Å². The van der Waals surface area contributed by atoms with Crippen LogP contribution in [0.25, 0.3) is 32.9 Å². The summed E-state index contributed by atoms with van der Waals surface area (Å²) in [6, 6.07) is 16.0. The third-order valence-electron chi connectivity index (χ3n) is 3.56. The third kappa shape index (κ3) is 2.07. The topological polar surface area (TPSA) is 50.8 Å². The first-order chi connectivity index (χ1) is 10.9. The number of H-pyrrole nitrogens is 1. The van der Waals surface area contributed by atoms with Gasteiger partial charge >= 0.3 is 0 Å². The molecule has 4 aromatic rings. The van der Waals surface area contributed by atoms with E-state index in [1.54, 1.807) is 18.4 Å². The Kier molecular flexibility index (Phi) is 3.12. The van der Waals surface area contributed by atoms with E-state index in [2.05, 4.69) is 16.3 Å². The molecule has 22 heavy (non-hydrogen) atoms. The Hall–Kier alpha value is -2.66. The van der Waals surface area contributed by atoms with Crippen LogP contribution in [0.15, 0.2) is 53.9 Å². The summed E-state index contributed by atoms with van der Waals surface area (Å²) >= 11 is 1.59. The highest BCUT2D eigenvalue weighted by atomic mass is 32.1. The van der Waals surface area contributed by atoms with Crippen molar-refractivity contribution in [2.45, 2.75) is 0 Å². The maximum absolute atomic E-state index is 5.41. The molecule has 0 bridgehead atoms. The van der Waals surface area contributed by atoms with Crippen LogP contribution in [-0.4, -0.2) is 22.3 Å². The molecule has 0 unspecified atom stereocenters. The van der Waals surface area contributed by atoms with Gasteiger partial charge in [-0.15, -0.1) is 11.3 Å². The summed E-state index contributed by atoms with van der Waals surface area (Å²) in [5.74, 6) is 0.825. The molecular weight excluding hydrogens is 294 g/mol. The number of ether oxygens (including phenoxy) is 1. The predicted molar refractivity (Wildman–Crippen MR) is 89.2 cm³/mol. The lowest BCUT2D eigenvalue weighted by Gasteiger charge is -2.04. The molecule has 0 aliphatic carbocycles. The van der Waals surface area contributed by atoms with Crippen LogP contribution in [0.1, 0.15) is 0 Å². The lowest BCUT2D eigenvalue weighted by Crippen LogP contribution is -1.87. The molecule has 0 spiro atoms. The van der Waals surface area contributed by atoms with Gasteiger partial charge in [0.2, 0.25) is 0 Å². The molecule has 2 aromatic heterocycles. The van der Waals surface area contributed by atoms with E-state index in [1.165, 1.54) is 0 Å². The number of thiazole rings is 1. The summed E-state index contributed by atoms with van der Waals surface area (Å²) in [6.45, 7) is 0. The zero-order chi connectivity index (χ0) is 14.9. The fraction of sp³-hybridized carbons (Fsp3) is 0.0588. The molecule has 2 heterocycles. The maximum Gasteiger partial charge on any atom is 0.145 e. The van der Waals surface area contributed by atoms with E-state index in [9.17, 15) is 0 Å². The van der Waals surface area contributed by atoms with Gasteiger partial charge in [0, 0.05) is 16.3 Å². The Balaban J connectivity index is 1.82. The molecule has 108 valence electrons. The average molecular weight is 307 g/mol. The number of nitrogens with zero attached hydrogens (tertiary/aromatic N) is 2. The van der Waals surface area contributed by atoms with Gasteiger partial charge in [0.1, 0.15) is 16.5 Å². The summed E-state index contributed by atoms with van der Waals surface area (Å²) in [7, 11) is 1.67. The summed E-state index contributed by atoms with van der Waals surface area (Å²) in [5.41, 5.74) is 3.81. The molecule has 1 N–H and O–H groups in total. The largest absolute Gasteiger partial charge is 0.496 e. The second-order valence-corrected chi connectivity index (χ2v) is 5.71. The van der Waals surface area contributed by atoms with Gasteiger partial charge in [0.25, 0.3) is 0 Å². The van der Waals surface area contributed by atoms with Crippen molar-refractivity contribution >= 4 is 22.2 Å². The Bertz CT molecular complexity index is 942. The second kappa shape index (κ2) is 5.27. The highest BCUT2D eigenvalue weighted by molar-refractivity contribution is 7.13. The number of para-hydroxylation sites is 2. The van der Waals surface area contributed by atoms with Gasteiger partial charge in [-0.1, -0.05) is 30.3 Å². The van der Waals surface area contributed by atoms with Crippen LogP contribution in [0.3, 0.4) is 0 Å². The quantitative estimate of drug-likeness (QED) is 0.611. The fourth-order valence-corrected chi connectivity index (χ4v) is 3.31. The van der Waals surface area contributed by atoms with Gasteiger partial charge in [-0.25, -0.2) is 4.98 Å². The highest BCUT2D eigenvalue weighted by Gasteiger charge is 2.14. The third-order valence-corrected chi connectivity index (χ3v) is 4.41. The van der Waals surface area contributed by atoms with Gasteiger partial charge in [-0.3, -0.25) is 5.10 Å². The molecular formula is C17H13N3OS. The highest BCUT2D eigenvalue weighted by Crippen LogP contribution is 2.35. The summed E-state index contributed by atoms with van der Waals surface area (Å²) in [5, 5.41) is 11.5. The molecule has 4 rings (SSSR count). The van der Waals surface area contributed by atoms with Gasteiger partial charge in [-0.05, 0) is 18.2 Å². The van der Waals surface area contributed by atoms with E-state index in [-0.39, 0.29) is 0 Å². The Morgan fingerprint density at radius 3 is 2.77 bits per heavy atom. The van der Waals surface area contributed by atoms with E-state index in [4.69, 9.17) is 9.72 Å². The lowest BCUT2D eigenvalue weighted by atomic mass is 10.1. The number of fused-ring (bicyclic) bond motifs is 1. The van der Waals surface area contributed by atoms with Crippen LogP contribution in [0.2, 0.25) is 0 Å². The minimum atomic E-state index is 0.825. The number of rotatable bonds is 3. The Labute approximate surface area is 131 Å². The number of aromatic amines is 1. The van der Waals surface area contributed by atoms with Crippen molar-refractivity contribution in [3.05, 3.63) is 53.9 Å². The van der Waals surface area contributed by atoms with Crippen molar-refractivity contribution < 1.29 is 4.74 Å². The Morgan fingerprint density at radius 2 is 1.86 bits per heavy atom. The minimum absolute atomic E-state index is 0.825. The number of hydrogen-bond donors (Lipinski definition) is 1. The van der Waals surface area contributed by atoms with Crippen molar-refractivity contribution in [3.63, 3.8) is 0 Å². The number of methoxy groups -OCH3 is 1. The summed E-state index contributed by atoms with van der Waals surface area (Å²) < 4.78 is 5.41. The molecule has 0 aliphatic rings. The van der Waals surface area contributed by atoms with E-state index in [0.717, 1.165) is 38.6 Å². The first-order valence-corrected chi connectivity index (χ1v) is 7.77. The van der Waals surface area contributed by atoms with Crippen molar-refractivity contribution in [2.24, 2.45) is 0 Å².